The molecule has 4 nitrogen and oxygen atoms in total. The van der Waals surface area contributed by atoms with Crippen LogP contribution < -0.4 is 5.73 Å². The van der Waals surface area contributed by atoms with Gasteiger partial charge in [0.05, 0.1) is 0 Å². The van der Waals surface area contributed by atoms with E-state index in [2.05, 4.69) is 62.0 Å². The molecule has 0 saturated carbocycles. The molecular weight excluding hydrogens is 248 g/mol. The summed E-state index contributed by atoms with van der Waals surface area (Å²) in [6.45, 7) is 9.53. The van der Waals surface area contributed by atoms with Crippen molar-refractivity contribution in [3.63, 3.8) is 0 Å². The first-order valence-electron chi connectivity index (χ1n) is 7.15. The van der Waals surface area contributed by atoms with Crippen molar-refractivity contribution >= 4 is 0 Å². The zero-order valence-corrected chi connectivity index (χ0v) is 12.8. The lowest BCUT2D eigenvalue weighted by molar-refractivity contribution is 0.551. The third kappa shape index (κ3) is 3.07. The highest BCUT2D eigenvalue weighted by molar-refractivity contribution is 5.35. The van der Waals surface area contributed by atoms with Crippen LogP contribution in [0.25, 0.3) is 0 Å². The van der Waals surface area contributed by atoms with E-state index in [0.717, 1.165) is 12.4 Å². The molecule has 1 heterocycles. The molecule has 0 bridgehead atoms. The van der Waals surface area contributed by atoms with E-state index < -0.39 is 0 Å². The van der Waals surface area contributed by atoms with Crippen LogP contribution in [0, 0.1) is 0 Å². The first-order valence-corrected chi connectivity index (χ1v) is 7.15. The van der Waals surface area contributed by atoms with Crippen molar-refractivity contribution in [2.75, 3.05) is 0 Å². The quantitative estimate of drug-likeness (QED) is 0.931. The van der Waals surface area contributed by atoms with Crippen LogP contribution in [0.1, 0.15) is 50.7 Å². The van der Waals surface area contributed by atoms with Crippen LogP contribution in [0.2, 0.25) is 0 Å². The zero-order chi connectivity index (χ0) is 14.8. The molecule has 20 heavy (non-hydrogen) atoms. The molecule has 2 rings (SSSR count). The fourth-order valence-electron chi connectivity index (χ4n) is 2.52. The zero-order valence-electron chi connectivity index (χ0n) is 12.8. The fraction of sp³-hybridized carbons (Fsp3) is 0.500. The molecule has 108 valence electrons. The molecule has 0 aliphatic carbocycles. The van der Waals surface area contributed by atoms with Gasteiger partial charge in [-0.05, 0) is 23.5 Å². The van der Waals surface area contributed by atoms with Crippen LogP contribution >= 0.6 is 0 Å². The Morgan fingerprint density at radius 2 is 1.95 bits per heavy atom. The highest BCUT2D eigenvalue weighted by Gasteiger charge is 2.21. The van der Waals surface area contributed by atoms with Crippen molar-refractivity contribution in [3.8, 4) is 0 Å². The van der Waals surface area contributed by atoms with Crippen LogP contribution in [-0.4, -0.2) is 14.8 Å². The molecule has 1 aromatic carbocycles. The third-order valence-electron chi connectivity index (χ3n) is 3.57. The second-order valence-corrected chi connectivity index (χ2v) is 6.14. The van der Waals surface area contributed by atoms with Gasteiger partial charge >= 0.3 is 0 Å². The summed E-state index contributed by atoms with van der Waals surface area (Å²) < 4.78 is 1.90. The summed E-state index contributed by atoms with van der Waals surface area (Å²) in [5.74, 6) is 0.948. The molecule has 0 aliphatic rings. The van der Waals surface area contributed by atoms with Gasteiger partial charge in [0.15, 0.2) is 0 Å². The second kappa shape index (κ2) is 5.75. The van der Waals surface area contributed by atoms with E-state index in [4.69, 9.17) is 5.73 Å². The Hall–Kier alpha value is -1.68. The van der Waals surface area contributed by atoms with E-state index in [0.29, 0.717) is 6.42 Å². The summed E-state index contributed by atoms with van der Waals surface area (Å²) in [5.41, 5.74) is 9.02. The highest BCUT2D eigenvalue weighted by atomic mass is 15.3. The molecule has 0 spiro atoms. The number of rotatable bonds is 4. The standard InChI is InChI=1S/C16H24N4/c1-5-20-15(18-11-19-20)10-14(17)12-8-6-7-9-13(12)16(2,3)4/h6-9,11,14H,5,10,17H2,1-4H3. The van der Waals surface area contributed by atoms with Gasteiger partial charge in [-0.1, -0.05) is 45.0 Å². The number of aromatic nitrogens is 3. The monoisotopic (exact) mass is 272 g/mol. The van der Waals surface area contributed by atoms with Gasteiger partial charge in [-0.3, -0.25) is 4.68 Å². The van der Waals surface area contributed by atoms with Crippen molar-refractivity contribution in [1.29, 1.82) is 0 Å². The number of nitrogens with two attached hydrogens (primary N) is 1. The maximum atomic E-state index is 6.43. The van der Waals surface area contributed by atoms with E-state index in [1.807, 2.05) is 4.68 Å². The van der Waals surface area contributed by atoms with E-state index in [9.17, 15) is 0 Å². The molecule has 0 aliphatic heterocycles. The van der Waals surface area contributed by atoms with Crippen LogP contribution in [-0.2, 0) is 18.4 Å². The van der Waals surface area contributed by atoms with E-state index in [1.54, 1.807) is 6.33 Å². The lowest BCUT2D eigenvalue weighted by Gasteiger charge is -2.25. The van der Waals surface area contributed by atoms with Gasteiger partial charge in [-0.2, -0.15) is 5.10 Å². The summed E-state index contributed by atoms with van der Waals surface area (Å²) in [6, 6.07) is 8.36. The first-order chi connectivity index (χ1) is 9.43. The van der Waals surface area contributed by atoms with Crippen molar-refractivity contribution in [3.05, 3.63) is 47.5 Å². The molecule has 2 N–H and O–H groups in total. The Labute approximate surface area is 121 Å². The fourth-order valence-corrected chi connectivity index (χ4v) is 2.52. The number of hydrogen-bond donors (Lipinski definition) is 1. The Balaban J connectivity index is 2.28. The summed E-state index contributed by atoms with van der Waals surface area (Å²) in [6.07, 6.45) is 2.31. The highest BCUT2D eigenvalue weighted by Crippen LogP contribution is 2.29. The molecule has 0 fully saturated rings. The largest absolute Gasteiger partial charge is 0.324 e. The molecule has 1 aromatic heterocycles. The van der Waals surface area contributed by atoms with Gasteiger partial charge in [0.1, 0.15) is 12.2 Å². The van der Waals surface area contributed by atoms with Gasteiger partial charge < -0.3 is 5.73 Å². The van der Waals surface area contributed by atoms with Crippen LogP contribution in [0.3, 0.4) is 0 Å². The predicted octanol–water partition coefficient (Wildman–Crippen LogP) is 2.84. The molecule has 0 amide bonds. The summed E-state index contributed by atoms with van der Waals surface area (Å²) >= 11 is 0. The first kappa shape index (κ1) is 14.7. The Bertz CT molecular complexity index is 566. The topological polar surface area (TPSA) is 56.7 Å². The van der Waals surface area contributed by atoms with Gasteiger partial charge in [-0.15, -0.1) is 0 Å². The molecule has 1 unspecified atom stereocenters. The molecule has 1 atom stereocenters. The minimum Gasteiger partial charge on any atom is -0.324 e. The predicted molar refractivity (Wildman–Crippen MR) is 81.5 cm³/mol. The summed E-state index contributed by atoms with van der Waals surface area (Å²) in [5, 5.41) is 4.20. The Morgan fingerprint density at radius 3 is 2.60 bits per heavy atom. The summed E-state index contributed by atoms with van der Waals surface area (Å²) in [4.78, 5) is 4.32. The van der Waals surface area contributed by atoms with Gasteiger partial charge in [0.25, 0.3) is 0 Å². The summed E-state index contributed by atoms with van der Waals surface area (Å²) in [7, 11) is 0. The normalized spacial score (nSPS) is 13.4. The SMILES string of the molecule is CCn1ncnc1CC(N)c1ccccc1C(C)(C)C. The Morgan fingerprint density at radius 1 is 1.25 bits per heavy atom. The van der Waals surface area contributed by atoms with Crippen molar-refractivity contribution in [1.82, 2.24) is 14.8 Å². The van der Waals surface area contributed by atoms with Gasteiger partial charge in [0, 0.05) is 19.0 Å². The molecule has 0 saturated heterocycles. The minimum absolute atomic E-state index is 0.0556. The minimum atomic E-state index is -0.0556. The molecule has 4 heteroatoms. The molecular formula is C16H24N4. The third-order valence-corrected chi connectivity index (χ3v) is 3.57. The van der Waals surface area contributed by atoms with E-state index in [1.165, 1.54) is 11.1 Å². The van der Waals surface area contributed by atoms with Crippen molar-refractivity contribution < 1.29 is 0 Å². The number of benzene rings is 1. The van der Waals surface area contributed by atoms with Crippen molar-refractivity contribution in [2.45, 2.75) is 52.1 Å². The van der Waals surface area contributed by atoms with Gasteiger partial charge in [-0.25, -0.2) is 4.98 Å². The number of nitrogens with zero attached hydrogens (tertiary/aromatic N) is 3. The van der Waals surface area contributed by atoms with Crippen LogP contribution in [0.4, 0.5) is 0 Å². The maximum absolute atomic E-state index is 6.43. The second-order valence-electron chi connectivity index (χ2n) is 6.14. The van der Waals surface area contributed by atoms with Gasteiger partial charge in [0.2, 0.25) is 0 Å². The lowest BCUT2D eigenvalue weighted by Crippen LogP contribution is -2.22. The number of aryl methyl sites for hydroxylation is 1. The van der Waals surface area contributed by atoms with E-state index in [-0.39, 0.29) is 11.5 Å². The van der Waals surface area contributed by atoms with Crippen molar-refractivity contribution in [2.24, 2.45) is 5.73 Å². The smallest absolute Gasteiger partial charge is 0.138 e. The maximum Gasteiger partial charge on any atom is 0.138 e. The number of hydrogen-bond acceptors (Lipinski definition) is 3. The Kier molecular flexibility index (Phi) is 4.23. The average Bonchev–Trinajstić information content (AvgIpc) is 2.85. The molecule has 0 radical (unpaired) electrons. The van der Waals surface area contributed by atoms with Crippen LogP contribution in [0.5, 0.6) is 0 Å². The lowest BCUT2D eigenvalue weighted by atomic mass is 9.81. The average molecular weight is 272 g/mol. The van der Waals surface area contributed by atoms with Crippen LogP contribution in [0.15, 0.2) is 30.6 Å². The molecule has 2 aromatic rings. The van der Waals surface area contributed by atoms with E-state index >= 15 is 0 Å².